The van der Waals surface area contributed by atoms with Crippen LogP contribution in [0.4, 0.5) is 11.4 Å². The lowest BCUT2D eigenvalue weighted by Gasteiger charge is -2.29. The number of hydrogen-bond acceptors (Lipinski definition) is 5. The van der Waals surface area contributed by atoms with E-state index in [2.05, 4.69) is 12.2 Å². The zero-order chi connectivity index (χ0) is 17.9. The van der Waals surface area contributed by atoms with Gasteiger partial charge in [0.25, 0.3) is 5.69 Å². The first-order valence-electron chi connectivity index (χ1n) is 8.24. The Morgan fingerprint density at radius 3 is 2.50 bits per heavy atom. The fourth-order valence-corrected chi connectivity index (χ4v) is 4.15. The Labute approximate surface area is 143 Å². The van der Waals surface area contributed by atoms with Crippen molar-refractivity contribution in [1.29, 1.82) is 0 Å². The second-order valence-corrected chi connectivity index (χ2v) is 8.74. The molecule has 1 saturated heterocycles. The third-order valence-corrected chi connectivity index (χ3v) is 6.14. The average molecular weight is 355 g/mol. The highest BCUT2D eigenvalue weighted by molar-refractivity contribution is 7.89. The maximum absolute atomic E-state index is 12.7. The summed E-state index contributed by atoms with van der Waals surface area (Å²) in [6.07, 6.45) is 1.63. The van der Waals surface area contributed by atoms with Crippen LogP contribution in [0.3, 0.4) is 0 Å². The molecule has 0 aromatic heterocycles. The van der Waals surface area contributed by atoms with Gasteiger partial charge in [-0.2, -0.15) is 4.31 Å². The molecule has 0 radical (unpaired) electrons. The van der Waals surface area contributed by atoms with E-state index >= 15 is 0 Å². The minimum Gasteiger partial charge on any atom is -0.379 e. The summed E-state index contributed by atoms with van der Waals surface area (Å²) < 4.78 is 26.9. The van der Waals surface area contributed by atoms with Gasteiger partial charge in [-0.15, -0.1) is 0 Å². The molecule has 24 heavy (non-hydrogen) atoms. The number of anilines is 1. The van der Waals surface area contributed by atoms with Crippen molar-refractivity contribution >= 4 is 21.4 Å². The summed E-state index contributed by atoms with van der Waals surface area (Å²) in [7, 11) is -3.69. The largest absolute Gasteiger partial charge is 0.379 e. The predicted octanol–water partition coefficient (Wildman–Crippen LogP) is 3.08. The van der Waals surface area contributed by atoms with Gasteiger partial charge in [0.15, 0.2) is 0 Å². The predicted molar refractivity (Wildman–Crippen MR) is 93.6 cm³/mol. The smallest absolute Gasteiger partial charge is 0.293 e. The van der Waals surface area contributed by atoms with Gasteiger partial charge >= 0.3 is 0 Å². The molecule has 2 rings (SSSR count). The molecule has 1 aliphatic heterocycles. The number of rotatable bonds is 6. The maximum atomic E-state index is 12.7. The van der Waals surface area contributed by atoms with Crippen LogP contribution in [0.15, 0.2) is 23.1 Å². The molecule has 0 saturated carbocycles. The zero-order valence-electron chi connectivity index (χ0n) is 14.4. The lowest BCUT2D eigenvalue weighted by atomic mass is 10.0. The van der Waals surface area contributed by atoms with Gasteiger partial charge in [0.1, 0.15) is 5.69 Å². The van der Waals surface area contributed by atoms with Crippen LogP contribution in [0.5, 0.6) is 0 Å². The highest BCUT2D eigenvalue weighted by atomic mass is 32.2. The molecule has 1 N–H and O–H groups in total. The Hall–Kier alpha value is -1.67. The van der Waals surface area contributed by atoms with Crippen LogP contribution in [0.2, 0.25) is 0 Å². The van der Waals surface area contributed by atoms with Gasteiger partial charge < -0.3 is 5.32 Å². The van der Waals surface area contributed by atoms with E-state index in [1.807, 2.05) is 13.8 Å². The van der Waals surface area contributed by atoms with E-state index in [1.54, 1.807) is 0 Å². The summed E-state index contributed by atoms with van der Waals surface area (Å²) >= 11 is 0. The molecule has 0 spiro atoms. The van der Waals surface area contributed by atoms with Crippen LogP contribution in [0.25, 0.3) is 0 Å². The molecule has 7 nitrogen and oxygen atoms in total. The SMILES string of the molecule is CC(C)CNc1ccc(S(=O)(=O)N2CCC(C)CC2)cc1[N+](=O)[O-]. The number of benzene rings is 1. The Balaban J connectivity index is 2.30. The van der Waals surface area contributed by atoms with Gasteiger partial charge in [-0.1, -0.05) is 20.8 Å². The van der Waals surface area contributed by atoms with E-state index in [4.69, 9.17) is 0 Å². The Morgan fingerprint density at radius 2 is 1.96 bits per heavy atom. The van der Waals surface area contributed by atoms with Gasteiger partial charge in [0, 0.05) is 25.7 Å². The van der Waals surface area contributed by atoms with E-state index in [0.717, 1.165) is 18.9 Å². The van der Waals surface area contributed by atoms with E-state index in [9.17, 15) is 18.5 Å². The lowest BCUT2D eigenvalue weighted by molar-refractivity contribution is -0.384. The summed E-state index contributed by atoms with van der Waals surface area (Å²) in [4.78, 5) is 10.8. The molecule has 1 fully saturated rings. The molecule has 0 aliphatic carbocycles. The standard InChI is InChI=1S/C16H25N3O4S/c1-12(2)11-17-15-5-4-14(10-16(15)19(20)21)24(22,23)18-8-6-13(3)7-9-18/h4-5,10,12-13,17H,6-9,11H2,1-3H3. The molecule has 1 aliphatic rings. The van der Waals surface area contributed by atoms with Gasteiger partial charge in [-0.05, 0) is 36.8 Å². The van der Waals surface area contributed by atoms with Crippen LogP contribution >= 0.6 is 0 Å². The molecule has 0 amide bonds. The number of piperidine rings is 1. The molecule has 134 valence electrons. The molecular formula is C16H25N3O4S. The Morgan fingerprint density at radius 1 is 1.33 bits per heavy atom. The van der Waals surface area contributed by atoms with Gasteiger partial charge in [-0.25, -0.2) is 8.42 Å². The van der Waals surface area contributed by atoms with Crippen molar-refractivity contribution in [3.05, 3.63) is 28.3 Å². The summed E-state index contributed by atoms with van der Waals surface area (Å²) in [6.45, 7) is 7.60. The average Bonchev–Trinajstić information content (AvgIpc) is 2.53. The number of nitrogens with one attached hydrogen (secondary N) is 1. The molecule has 1 heterocycles. The van der Waals surface area contributed by atoms with Crippen molar-refractivity contribution < 1.29 is 13.3 Å². The zero-order valence-corrected chi connectivity index (χ0v) is 15.2. The Kier molecular flexibility index (Phi) is 5.82. The number of nitrogens with zero attached hydrogens (tertiary/aromatic N) is 2. The van der Waals surface area contributed by atoms with Crippen molar-refractivity contribution in [2.45, 2.75) is 38.5 Å². The van der Waals surface area contributed by atoms with Crippen LogP contribution in [0.1, 0.15) is 33.6 Å². The van der Waals surface area contributed by atoms with Crippen molar-refractivity contribution in [2.75, 3.05) is 25.0 Å². The summed E-state index contributed by atoms with van der Waals surface area (Å²) in [5.41, 5.74) is 0.141. The van der Waals surface area contributed by atoms with Gasteiger partial charge in [0.2, 0.25) is 10.0 Å². The normalized spacial score (nSPS) is 17.2. The van der Waals surface area contributed by atoms with Crippen molar-refractivity contribution in [1.82, 2.24) is 4.31 Å². The van der Waals surface area contributed by atoms with E-state index in [1.165, 1.54) is 16.4 Å². The molecular weight excluding hydrogens is 330 g/mol. The number of hydrogen-bond donors (Lipinski definition) is 1. The molecule has 1 aromatic carbocycles. The summed E-state index contributed by atoms with van der Waals surface area (Å²) in [5.74, 6) is 0.830. The van der Waals surface area contributed by atoms with E-state index < -0.39 is 14.9 Å². The fraction of sp³-hybridized carbons (Fsp3) is 0.625. The topological polar surface area (TPSA) is 92.6 Å². The van der Waals surface area contributed by atoms with Gasteiger partial charge in [0.05, 0.1) is 9.82 Å². The molecule has 1 aromatic rings. The first-order chi connectivity index (χ1) is 11.2. The minimum absolute atomic E-state index is 0.0150. The number of nitro benzene ring substituents is 1. The maximum Gasteiger partial charge on any atom is 0.293 e. The molecule has 8 heteroatoms. The third-order valence-electron chi connectivity index (χ3n) is 4.25. The van der Waals surface area contributed by atoms with Gasteiger partial charge in [-0.3, -0.25) is 10.1 Å². The van der Waals surface area contributed by atoms with E-state index in [0.29, 0.717) is 37.2 Å². The van der Waals surface area contributed by atoms with Crippen molar-refractivity contribution in [3.8, 4) is 0 Å². The minimum atomic E-state index is -3.69. The van der Waals surface area contributed by atoms with Crippen molar-refractivity contribution in [3.63, 3.8) is 0 Å². The Bertz CT molecular complexity index is 695. The first-order valence-corrected chi connectivity index (χ1v) is 9.68. The van der Waals surface area contributed by atoms with Crippen LogP contribution in [0, 0.1) is 22.0 Å². The van der Waals surface area contributed by atoms with Crippen LogP contribution in [-0.2, 0) is 10.0 Å². The second kappa shape index (κ2) is 7.48. The quantitative estimate of drug-likeness (QED) is 0.625. The third kappa shape index (κ3) is 4.24. The molecule has 0 unspecified atom stereocenters. The number of sulfonamides is 1. The summed E-state index contributed by atoms with van der Waals surface area (Å²) in [5, 5.41) is 14.3. The van der Waals surface area contributed by atoms with Crippen molar-refractivity contribution in [2.24, 2.45) is 11.8 Å². The second-order valence-electron chi connectivity index (χ2n) is 6.80. The fourth-order valence-electron chi connectivity index (χ4n) is 2.66. The summed E-state index contributed by atoms with van der Waals surface area (Å²) in [6, 6.07) is 4.10. The van der Waals surface area contributed by atoms with Crippen LogP contribution in [-0.4, -0.2) is 37.3 Å². The molecule has 0 bridgehead atoms. The highest BCUT2D eigenvalue weighted by Gasteiger charge is 2.30. The van der Waals surface area contributed by atoms with E-state index in [-0.39, 0.29) is 10.6 Å². The lowest BCUT2D eigenvalue weighted by Crippen LogP contribution is -2.37. The monoisotopic (exact) mass is 355 g/mol. The first kappa shape index (κ1) is 18.7. The molecule has 0 atom stereocenters. The highest BCUT2D eigenvalue weighted by Crippen LogP contribution is 2.30. The number of nitro groups is 1. The van der Waals surface area contributed by atoms with Crippen LogP contribution < -0.4 is 5.32 Å².